The maximum absolute atomic E-state index is 11.9. The fourth-order valence-electron chi connectivity index (χ4n) is 2.47. The van der Waals surface area contributed by atoms with Crippen molar-refractivity contribution in [1.82, 2.24) is 10.6 Å². The number of nitrogens with one attached hydrogen (secondary N) is 2. The van der Waals surface area contributed by atoms with Gasteiger partial charge >= 0.3 is 0 Å². The summed E-state index contributed by atoms with van der Waals surface area (Å²) in [6, 6.07) is 3.52. The van der Waals surface area contributed by atoms with Crippen LogP contribution in [0.4, 0.5) is 0 Å². The van der Waals surface area contributed by atoms with E-state index in [4.69, 9.17) is 11.6 Å². The first-order valence-corrected chi connectivity index (χ1v) is 7.55. The number of carbonyl (C=O) groups excluding carboxylic acids is 2. The quantitative estimate of drug-likeness (QED) is 0.897. The summed E-state index contributed by atoms with van der Waals surface area (Å²) in [5.41, 5.74) is -0.556. The van der Waals surface area contributed by atoms with Gasteiger partial charge < -0.3 is 10.6 Å². The Morgan fingerprint density at radius 3 is 2.84 bits per heavy atom. The van der Waals surface area contributed by atoms with Crippen LogP contribution in [-0.4, -0.2) is 17.9 Å². The van der Waals surface area contributed by atoms with E-state index >= 15 is 0 Å². The van der Waals surface area contributed by atoms with Crippen LogP contribution in [0.1, 0.15) is 31.1 Å². The Kier molecular flexibility index (Phi) is 3.06. The first-order chi connectivity index (χ1) is 8.99. The number of amides is 2. The van der Waals surface area contributed by atoms with Crippen LogP contribution in [0, 0.1) is 5.92 Å². The van der Waals surface area contributed by atoms with Crippen LogP contribution in [-0.2, 0) is 15.1 Å². The minimum Gasteiger partial charge on any atom is -0.350 e. The summed E-state index contributed by atoms with van der Waals surface area (Å²) in [6.07, 6.45) is 2.24. The van der Waals surface area contributed by atoms with Crippen molar-refractivity contribution in [3.05, 3.63) is 21.3 Å². The van der Waals surface area contributed by atoms with Gasteiger partial charge in [0.25, 0.3) is 0 Å². The topological polar surface area (TPSA) is 58.2 Å². The Morgan fingerprint density at radius 2 is 2.26 bits per heavy atom. The molecule has 1 saturated heterocycles. The van der Waals surface area contributed by atoms with Crippen LogP contribution in [0.25, 0.3) is 0 Å². The second kappa shape index (κ2) is 4.49. The zero-order valence-corrected chi connectivity index (χ0v) is 12.1. The summed E-state index contributed by atoms with van der Waals surface area (Å²) in [6.45, 7) is 1.94. The Morgan fingerprint density at radius 1 is 1.53 bits per heavy atom. The molecule has 2 fully saturated rings. The predicted octanol–water partition coefficient (Wildman–Crippen LogP) is 2.03. The van der Waals surface area contributed by atoms with E-state index in [9.17, 15) is 9.59 Å². The summed E-state index contributed by atoms with van der Waals surface area (Å²) in [5, 5.41) is 5.98. The molecule has 0 radical (unpaired) electrons. The van der Waals surface area contributed by atoms with Gasteiger partial charge in [-0.3, -0.25) is 9.59 Å². The molecular weight excluding hydrogens is 284 g/mol. The molecule has 1 aromatic heterocycles. The smallest absolute Gasteiger partial charge is 0.223 e. The van der Waals surface area contributed by atoms with E-state index in [0.29, 0.717) is 10.8 Å². The van der Waals surface area contributed by atoms with Gasteiger partial charge in [0.05, 0.1) is 15.9 Å². The van der Waals surface area contributed by atoms with Crippen molar-refractivity contribution in [1.29, 1.82) is 0 Å². The lowest BCUT2D eigenvalue weighted by atomic mass is 9.92. The Hall–Kier alpha value is -1.07. The molecule has 2 atom stereocenters. The van der Waals surface area contributed by atoms with Crippen LogP contribution < -0.4 is 10.6 Å². The number of thiophene rings is 1. The second-order valence-electron chi connectivity index (χ2n) is 5.39. The summed E-state index contributed by atoms with van der Waals surface area (Å²) in [4.78, 5) is 24.6. The van der Waals surface area contributed by atoms with Gasteiger partial charge in [-0.2, -0.15) is 0 Å². The van der Waals surface area contributed by atoms with Gasteiger partial charge in [0.15, 0.2) is 0 Å². The third-order valence-electron chi connectivity index (χ3n) is 3.84. The Balaban J connectivity index is 1.84. The lowest BCUT2D eigenvalue weighted by Gasteiger charge is -2.30. The summed E-state index contributed by atoms with van der Waals surface area (Å²) in [7, 11) is 0. The largest absolute Gasteiger partial charge is 0.350 e. The van der Waals surface area contributed by atoms with E-state index < -0.39 is 5.54 Å². The molecule has 0 aromatic carbocycles. The maximum atomic E-state index is 11.9. The third-order valence-corrected chi connectivity index (χ3v) is 5.30. The van der Waals surface area contributed by atoms with Crippen molar-refractivity contribution in [2.24, 2.45) is 5.92 Å². The highest BCUT2D eigenvalue weighted by atomic mass is 35.5. The van der Waals surface area contributed by atoms with Crippen LogP contribution in [0.3, 0.4) is 0 Å². The highest BCUT2D eigenvalue weighted by molar-refractivity contribution is 7.16. The van der Waals surface area contributed by atoms with E-state index in [1.54, 1.807) is 0 Å². The Bertz CT molecular complexity index is 541. The van der Waals surface area contributed by atoms with E-state index in [1.165, 1.54) is 11.3 Å². The van der Waals surface area contributed by atoms with Crippen molar-refractivity contribution in [3.63, 3.8) is 0 Å². The standard InChI is InChI=1S/C13H15ClN2O2S/c1-13(9-4-5-10(14)19-9)8(6-11(17)16-13)15-12(18)7-2-3-7/h4-5,7-8H,2-3,6H2,1H3,(H,15,18)(H,16,17)/t8-,13-/m0/s1. The minimum absolute atomic E-state index is 0.0341. The molecule has 1 aliphatic heterocycles. The van der Waals surface area contributed by atoms with Gasteiger partial charge in [-0.1, -0.05) is 11.6 Å². The summed E-state index contributed by atoms with van der Waals surface area (Å²) >= 11 is 7.41. The molecule has 2 heterocycles. The molecule has 102 valence electrons. The molecule has 3 rings (SSSR count). The number of hydrogen-bond acceptors (Lipinski definition) is 3. The molecule has 6 heteroatoms. The molecule has 1 aliphatic carbocycles. The van der Waals surface area contributed by atoms with Crippen LogP contribution in [0.2, 0.25) is 4.34 Å². The van der Waals surface area contributed by atoms with Crippen molar-refractivity contribution < 1.29 is 9.59 Å². The minimum atomic E-state index is -0.556. The average Bonchev–Trinajstić information content (AvgIpc) is 3.04. The van der Waals surface area contributed by atoms with E-state index in [1.807, 2.05) is 19.1 Å². The Labute approximate surface area is 120 Å². The van der Waals surface area contributed by atoms with E-state index in [-0.39, 0.29) is 23.8 Å². The zero-order valence-electron chi connectivity index (χ0n) is 10.5. The molecule has 19 heavy (non-hydrogen) atoms. The fourth-order valence-corrected chi connectivity index (χ4v) is 3.67. The van der Waals surface area contributed by atoms with Crippen molar-refractivity contribution in [3.8, 4) is 0 Å². The van der Waals surface area contributed by atoms with Gasteiger partial charge in [-0.25, -0.2) is 0 Å². The molecule has 1 saturated carbocycles. The molecule has 2 amide bonds. The predicted molar refractivity (Wildman–Crippen MR) is 74.1 cm³/mol. The molecule has 1 aromatic rings. The van der Waals surface area contributed by atoms with Gasteiger partial charge in [0.2, 0.25) is 11.8 Å². The van der Waals surface area contributed by atoms with E-state index in [0.717, 1.165) is 17.7 Å². The second-order valence-corrected chi connectivity index (χ2v) is 7.11. The normalized spacial score (nSPS) is 30.2. The monoisotopic (exact) mass is 298 g/mol. The van der Waals surface area contributed by atoms with Crippen molar-refractivity contribution in [2.75, 3.05) is 0 Å². The number of carbonyl (C=O) groups is 2. The highest BCUT2D eigenvalue weighted by Crippen LogP contribution is 2.38. The number of halogens is 1. The number of rotatable bonds is 3. The molecule has 0 unspecified atom stereocenters. The molecule has 4 nitrogen and oxygen atoms in total. The lowest BCUT2D eigenvalue weighted by Crippen LogP contribution is -2.50. The van der Waals surface area contributed by atoms with Gasteiger partial charge in [0, 0.05) is 17.2 Å². The average molecular weight is 299 g/mol. The van der Waals surface area contributed by atoms with Crippen molar-refractivity contribution >= 4 is 34.8 Å². The lowest BCUT2D eigenvalue weighted by molar-refractivity contribution is -0.123. The molecule has 0 spiro atoms. The highest BCUT2D eigenvalue weighted by Gasteiger charge is 2.47. The van der Waals surface area contributed by atoms with Crippen LogP contribution in [0.5, 0.6) is 0 Å². The SMILES string of the molecule is C[C@]1(c2ccc(Cl)s2)NC(=O)C[C@@H]1NC(=O)C1CC1. The number of hydrogen-bond donors (Lipinski definition) is 2. The van der Waals surface area contributed by atoms with E-state index in [2.05, 4.69) is 10.6 Å². The molecule has 2 N–H and O–H groups in total. The third kappa shape index (κ3) is 2.37. The summed E-state index contributed by atoms with van der Waals surface area (Å²) < 4.78 is 0.685. The van der Waals surface area contributed by atoms with Crippen LogP contribution in [0.15, 0.2) is 12.1 Å². The molecular formula is C13H15ClN2O2S. The first-order valence-electron chi connectivity index (χ1n) is 6.36. The van der Waals surface area contributed by atoms with Crippen molar-refractivity contribution in [2.45, 2.75) is 37.8 Å². The zero-order chi connectivity index (χ0) is 13.6. The first kappa shape index (κ1) is 12.9. The summed E-state index contributed by atoms with van der Waals surface area (Å²) in [5.74, 6) is 0.176. The molecule has 0 bridgehead atoms. The van der Waals surface area contributed by atoms with Crippen LogP contribution >= 0.6 is 22.9 Å². The van der Waals surface area contributed by atoms with Gasteiger partial charge in [-0.05, 0) is 31.9 Å². The maximum Gasteiger partial charge on any atom is 0.223 e. The molecule has 2 aliphatic rings. The van der Waals surface area contributed by atoms with Gasteiger partial charge in [0.1, 0.15) is 0 Å². The fraction of sp³-hybridized carbons (Fsp3) is 0.538. The van der Waals surface area contributed by atoms with Gasteiger partial charge in [-0.15, -0.1) is 11.3 Å².